The van der Waals surface area contributed by atoms with E-state index in [9.17, 15) is 9.59 Å². The van der Waals surface area contributed by atoms with Crippen molar-refractivity contribution in [2.24, 2.45) is 7.05 Å². The number of aryl methyl sites for hydroxylation is 2. The molecule has 1 heterocycles. The number of fused-ring (bicyclic) bond motifs is 1. The summed E-state index contributed by atoms with van der Waals surface area (Å²) in [5, 5.41) is 4.30. The lowest BCUT2D eigenvalue weighted by Crippen LogP contribution is -2.14. The van der Waals surface area contributed by atoms with E-state index in [0.29, 0.717) is 11.1 Å². The molecule has 0 atom stereocenters. The third-order valence-corrected chi connectivity index (χ3v) is 3.84. The van der Waals surface area contributed by atoms with Crippen molar-refractivity contribution in [2.45, 2.75) is 19.8 Å². The van der Waals surface area contributed by atoms with Gasteiger partial charge in [0, 0.05) is 29.4 Å². The van der Waals surface area contributed by atoms with E-state index in [-0.39, 0.29) is 11.6 Å². The summed E-state index contributed by atoms with van der Waals surface area (Å²) in [4.78, 5) is 24.9. The number of rotatable bonds is 1. The van der Waals surface area contributed by atoms with Crippen LogP contribution in [0.1, 0.15) is 43.6 Å². The maximum atomic E-state index is 12.5. The number of aromatic nitrogens is 2. The Morgan fingerprint density at radius 3 is 2.00 bits per heavy atom. The van der Waals surface area contributed by atoms with Crippen molar-refractivity contribution in [3.63, 3.8) is 0 Å². The van der Waals surface area contributed by atoms with Gasteiger partial charge in [-0.3, -0.25) is 14.3 Å². The Balaban J connectivity index is 2.20. The molecular formula is C15H14N2O2. The Morgan fingerprint density at radius 1 is 1.05 bits per heavy atom. The van der Waals surface area contributed by atoms with Crippen molar-refractivity contribution in [3.05, 3.63) is 52.3 Å². The minimum atomic E-state index is -0.717. The van der Waals surface area contributed by atoms with Crippen LogP contribution in [0.4, 0.5) is 0 Å². The Bertz CT molecular complexity index is 678. The lowest BCUT2D eigenvalue weighted by Gasteiger charge is -2.07. The SMILES string of the molecule is Cc1nn(C)c(C)c1C1C(=O)c2ccccc2C1=O. The van der Waals surface area contributed by atoms with E-state index in [2.05, 4.69) is 5.10 Å². The van der Waals surface area contributed by atoms with Crippen LogP contribution in [-0.2, 0) is 7.05 Å². The molecule has 0 saturated heterocycles. The molecule has 1 aromatic heterocycles. The monoisotopic (exact) mass is 254 g/mol. The normalized spacial score (nSPS) is 15.1. The van der Waals surface area contributed by atoms with Gasteiger partial charge in [0.25, 0.3) is 0 Å². The number of carbonyl (C=O) groups excluding carboxylic acids is 2. The van der Waals surface area contributed by atoms with Crippen molar-refractivity contribution < 1.29 is 9.59 Å². The molecule has 96 valence electrons. The third kappa shape index (κ3) is 1.49. The zero-order valence-electron chi connectivity index (χ0n) is 11.1. The van der Waals surface area contributed by atoms with Gasteiger partial charge in [-0.25, -0.2) is 0 Å². The summed E-state index contributed by atoms with van der Waals surface area (Å²) in [6.45, 7) is 3.73. The van der Waals surface area contributed by atoms with Gasteiger partial charge < -0.3 is 0 Å². The van der Waals surface area contributed by atoms with Crippen LogP contribution in [0.25, 0.3) is 0 Å². The summed E-state index contributed by atoms with van der Waals surface area (Å²) in [5.41, 5.74) is 3.44. The van der Waals surface area contributed by atoms with Crippen molar-refractivity contribution in [1.82, 2.24) is 9.78 Å². The minimum absolute atomic E-state index is 0.111. The maximum Gasteiger partial charge on any atom is 0.178 e. The largest absolute Gasteiger partial charge is 0.293 e. The topological polar surface area (TPSA) is 52.0 Å². The van der Waals surface area contributed by atoms with Gasteiger partial charge in [-0.15, -0.1) is 0 Å². The highest BCUT2D eigenvalue weighted by atomic mass is 16.2. The molecule has 2 aromatic rings. The summed E-state index contributed by atoms with van der Waals surface area (Å²) in [6.07, 6.45) is 0. The molecule has 19 heavy (non-hydrogen) atoms. The van der Waals surface area contributed by atoms with Crippen molar-refractivity contribution >= 4 is 11.6 Å². The average Bonchev–Trinajstić information content (AvgIpc) is 2.78. The van der Waals surface area contributed by atoms with E-state index in [4.69, 9.17) is 0 Å². The Hall–Kier alpha value is -2.23. The lowest BCUT2D eigenvalue weighted by molar-refractivity contribution is 0.0889. The number of ketones is 2. The number of Topliss-reactive ketones (excluding diaryl/α,β-unsaturated/α-hetero) is 2. The quantitative estimate of drug-likeness (QED) is 0.733. The fourth-order valence-corrected chi connectivity index (χ4v) is 2.81. The van der Waals surface area contributed by atoms with E-state index in [1.54, 1.807) is 28.9 Å². The summed E-state index contributed by atoms with van der Waals surface area (Å²) >= 11 is 0. The average molecular weight is 254 g/mol. The molecule has 0 N–H and O–H groups in total. The molecule has 4 heteroatoms. The van der Waals surface area contributed by atoms with Gasteiger partial charge in [0.1, 0.15) is 5.92 Å². The highest BCUT2D eigenvalue weighted by molar-refractivity contribution is 6.29. The molecule has 4 nitrogen and oxygen atoms in total. The maximum absolute atomic E-state index is 12.5. The van der Waals surface area contributed by atoms with Crippen LogP contribution in [0.3, 0.4) is 0 Å². The number of nitrogens with zero attached hydrogens (tertiary/aromatic N) is 2. The summed E-state index contributed by atoms with van der Waals surface area (Å²) in [5.74, 6) is -0.939. The molecular weight excluding hydrogens is 240 g/mol. The predicted octanol–water partition coefficient (Wildman–Crippen LogP) is 2.20. The number of hydrogen-bond donors (Lipinski definition) is 0. The molecule has 0 radical (unpaired) electrons. The van der Waals surface area contributed by atoms with Gasteiger partial charge in [-0.05, 0) is 13.8 Å². The Morgan fingerprint density at radius 2 is 1.58 bits per heavy atom. The molecule has 0 spiro atoms. The second-order valence-corrected chi connectivity index (χ2v) is 4.92. The van der Waals surface area contributed by atoms with Crippen molar-refractivity contribution in [3.8, 4) is 0 Å². The summed E-state index contributed by atoms with van der Waals surface area (Å²) < 4.78 is 1.72. The van der Waals surface area contributed by atoms with Crippen LogP contribution in [0.5, 0.6) is 0 Å². The van der Waals surface area contributed by atoms with Gasteiger partial charge >= 0.3 is 0 Å². The summed E-state index contributed by atoms with van der Waals surface area (Å²) in [7, 11) is 1.82. The minimum Gasteiger partial charge on any atom is -0.293 e. The number of hydrogen-bond acceptors (Lipinski definition) is 3. The van der Waals surface area contributed by atoms with Gasteiger partial charge in [-0.1, -0.05) is 24.3 Å². The van der Waals surface area contributed by atoms with Gasteiger partial charge in [0.05, 0.1) is 5.69 Å². The zero-order chi connectivity index (χ0) is 13.7. The van der Waals surface area contributed by atoms with Crippen LogP contribution in [0, 0.1) is 13.8 Å². The molecule has 0 bridgehead atoms. The first-order valence-corrected chi connectivity index (χ1v) is 6.20. The van der Waals surface area contributed by atoms with Gasteiger partial charge in [0.15, 0.2) is 11.6 Å². The molecule has 0 aliphatic heterocycles. The molecule has 1 aliphatic rings. The molecule has 0 saturated carbocycles. The van der Waals surface area contributed by atoms with E-state index < -0.39 is 5.92 Å². The van der Waals surface area contributed by atoms with Crippen LogP contribution >= 0.6 is 0 Å². The molecule has 1 aromatic carbocycles. The molecule has 3 rings (SSSR count). The Labute approximate surface area is 111 Å². The highest BCUT2D eigenvalue weighted by Crippen LogP contribution is 2.36. The van der Waals surface area contributed by atoms with E-state index in [0.717, 1.165) is 17.0 Å². The molecule has 1 aliphatic carbocycles. The summed E-state index contributed by atoms with van der Waals surface area (Å²) in [6, 6.07) is 7.01. The van der Waals surface area contributed by atoms with Crippen LogP contribution in [0.2, 0.25) is 0 Å². The molecule has 0 fully saturated rings. The second kappa shape index (κ2) is 3.88. The van der Waals surface area contributed by atoms with E-state index in [1.165, 1.54) is 0 Å². The van der Waals surface area contributed by atoms with E-state index >= 15 is 0 Å². The Kier molecular flexibility index (Phi) is 2.42. The van der Waals surface area contributed by atoms with Crippen LogP contribution < -0.4 is 0 Å². The smallest absolute Gasteiger partial charge is 0.178 e. The molecule has 0 amide bonds. The van der Waals surface area contributed by atoms with Crippen molar-refractivity contribution in [1.29, 1.82) is 0 Å². The lowest BCUT2D eigenvalue weighted by atomic mass is 9.92. The first-order valence-electron chi connectivity index (χ1n) is 6.20. The van der Waals surface area contributed by atoms with Crippen LogP contribution in [-0.4, -0.2) is 21.3 Å². The van der Waals surface area contributed by atoms with Crippen molar-refractivity contribution in [2.75, 3.05) is 0 Å². The van der Waals surface area contributed by atoms with E-state index in [1.807, 2.05) is 20.9 Å². The zero-order valence-corrected chi connectivity index (χ0v) is 11.1. The standard InChI is InChI=1S/C15H14N2O2/c1-8-12(9(2)17(3)16-8)13-14(18)10-6-4-5-7-11(10)15(13)19/h4-7,13H,1-3H3. The second-order valence-electron chi connectivity index (χ2n) is 4.92. The van der Waals surface area contributed by atoms with Gasteiger partial charge in [0.2, 0.25) is 0 Å². The highest BCUT2D eigenvalue weighted by Gasteiger charge is 2.41. The fourth-order valence-electron chi connectivity index (χ4n) is 2.81. The number of carbonyl (C=O) groups is 2. The first-order chi connectivity index (χ1) is 9.02. The predicted molar refractivity (Wildman–Crippen MR) is 70.5 cm³/mol. The van der Waals surface area contributed by atoms with Crippen LogP contribution in [0.15, 0.2) is 24.3 Å². The number of benzene rings is 1. The van der Waals surface area contributed by atoms with Gasteiger partial charge in [-0.2, -0.15) is 5.10 Å². The fraction of sp³-hybridized carbons (Fsp3) is 0.267. The molecule has 0 unspecified atom stereocenters. The first kappa shape index (κ1) is 11.8. The third-order valence-electron chi connectivity index (χ3n) is 3.84.